The normalized spacial score (nSPS) is 22.5. The van der Waals surface area contributed by atoms with Crippen LogP contribution < -0.4 is 10.1 Å². The van der Waals surface area contributed by atoms with Crippen LogP contribution in [0, 0.1) is 5.92 Å². The van der Waals surface area contributed by atoms with Crippen molar-refractivity contribution in [3.8, 4) is 5.75 Å². The third-order valence-corrected chi connectivity index (χ3v) is 5.00. The molecule has 5 heteroatoms. The molecule has 0 saturated carbocycles. The Morgan fingerprint density at radius 1 is 1.27 bits per heavy atom. The molecule has 22 heavy (non-hydrogen) atoms. The molecular formula is C17H25ClN2O2. The molecule has 4 nitrogen and oxygen atoms in total. The van der Waals surface area contributed by atoms with Gasteiger partial charge in [-0.25, -0.2) is 0 Å². The Morgan fingerprint density at radius 3 is 2.68 bits per heavy atom. The van der Waals surface area contributed by atoms with Gasteiger partial charge in [-0.15, -0.1) is 0 Å². The lowest BCUT2D eigenvalue weighted by Gasteiger charge is -2.41. The van der Waals surface area contributed by atoms with Gasteiger partial charge in [0.1, 0.15) is 5.75 Å². The summed E-state index contributed by atoms with van der Waals surface area (Å²) in [6.45, 7) is 5.94. The number of nitrogens with zero attached hydrogens (tertiary/aromatic N) is 1. The number of halogens is 1. The molecule has 0 amide bonds. The maximum Gasteiger partial charge on any atom is 0.123 e. The van der Waals surface area contributed by atoms with Crippen molar-refractivity contribution < 1.29 is 9.47 Å². The molecule has 2 saturated heterocycles. The average molecular weight is 325 g/mol. The van der Waals surface area contributed by atoms with Gasteiger partial charge in [-0.3, -0.25) is 4.90 Å². The van der Waals surface area contributed by atoms with E-state index in [1.165, 1.54) is 5.56 Å². The van der Waals surface area contributed by atoms with E-state index in [1.807, 2.05) is 12.1 Å². The number of benzene rings is 1. The minimum atomic E-state index is 0.361. The lowest BCUT2D eigenvalue weighted by Crippen LogP contribution is -2.47. The second-order valence-corrected chi connectivity index (χ2v) is 6.50. The Labute approximate surface area is 137 Å². The molecule has 0 aliphatic carbocycles. The van der Waals surface area contributed by atoms with E-state index in [0.29, 0.717) is 12.0 Å². The molecule has 0 radical (unpaired) electrons. The van der Waals surface area contributed by atoms with Gasteiger partial charge in [0.25, 0.3) is 0 Å². The molecule has 0 unspecified atom stereocenters. The molecular weight excluding hydrogens is 300 g/mol. The first-order valence-corrected chi connectivity index (χ1v) is 8.53. The van der Waals surface area contributed by atoms with E-state index in [4.69, 9.17) is 21.1 Å². The fourth-order valence-electron chi connectivity index (χ4n) is 3.68. The Morgan fingerprint density at radius 2 is 2.00 bits per heavy atom. The number of ether oxygens (including phenoxy) is 2. The summed E-state index contributed by atoms with van der Waals surface area (Å²) in [7, 11) is 1.74. The molecule has 2 fully saturated rings. The van der Waals surface area contributed by atoms with Crippen molar-refractivity contribution in [1.82, 2.24) is 10.2 Å². The van der Waals surface area contributed by atoms with Crippen LogP contribution in [0.4, 0.5) is 0 Å². The molecule has 122 valence electrons. The van der Waals surface area contributed by atoms with Crippen molar-refractivity contribution in [3.05, 3.63) is 28.8 Å². The van der Waals surface area contributed by atoms with Crippen LogP contribution in [0.5, 0.6) is 5.75 Å². The highest BCUT2D eigenvalue weighted by Gasteiger charge is 2.33. The van der Waals surface area contributed by atoms with Gasteiger partial charge in [-0.1, -0.05) is 11.6 Å². The molecule has 2 heterocycles. The summed E-state index contributed by atoms with van der Waals surface area (Å²) in [5, 5.41) is 4.22. The van der Waals surface area contributed by atoms with Crippen LogP contribution in [-0.2, 0) is 4.74 Å². The van der Waals surface area contributed by atoms with Crippen molar-refractivity contribution in [2.45, 2.75) is 18.9 Å². The summed E-state index contributed by atoms with van der Waals surface area (Å²) in [4.78, 5) is 2.58. The Bertz CT molecular complexity index is 468. The summed E-state index contributed by atoms with van der Waals surface area (Å²) < 4.78 is 11.2. The third-order valence-electron chi connectivity index (χ3n) is 4.77. The maximum atomic E-state index is 6.28. The van der Waals surface area contributed by atoms with Crippen molar-refractivity contribution in [2.24, 2.45) is 5.92 Å². The predicted octanol–water partition coefficient (Wildman–Crippen LogP) is 2.72. The molecule has 2 aliphatic heterocycles. The molecule has 0 spiro atoms. The molecule has 2 aliphatic rings. The first-order chi connectivity index (χ1) is 10.8. The van der Waals surface area contributed by atoms with Crippen LogP contribution in [0.3, 0.4) is 0 Å². The van der Waals surface area contributed by atoms with Crippen molar-refractivity contribution >= 4 is 11.6 Å². The Hall–Kier alpha value is -0.810. The van der Waals surface area contributed by atoms with E-state index in [0.717, 1.165) is 63.0 Å². The molecule has 3 rings (SSSR count). The molecule has 1 aromatic carbocycles. The zero-order valence-corrected chi connectivity index (χ0v) is 13.9. The van der Waals surface area contributed by atoms with Crippen LogP contribution in [0.25, 0.3) is 0 Å². The smallest absolute Gasteiger partial charge is 0.123 e. The lowest BCUT2D eigenvalue weighted by molar-refractivity contribution is 0.0206. The minimum absolute atomic E-state index is 0.361. The van der Waals surface area contributed by atoms with Gasteiger partial charge in [-0.2, -0.15) is 0 Å². The van der Waals surface area contributed by atoms with E-state index in [2.05, 4.69) is 16.3 Å². The highest BCUT2D eigenvalue weighted by atomic mass is 35.5. The summed E-state index contributed by atoms with van der Waals surface area (Å²) in [6.07, 6.45) is 2.20. The van der Waals surface area contributed by atoms with Gasteiger partial charge in [0.15, 0.2) is 0 Å². The van der Waals surface area contributed by atoms with E-state index >= 15 is 0 Å². The zero-order chi connectivity index (χ0) is 15.4. The summed E-state index contributed by atoms with van der Waals surface area (Å²) in [6, 6.07) is 6.34. The number of rotatable bonds is 4. The maximum absolute atomic E-state index is 6.28. The first-order valence-electron chi connectivity index (χ1n) is 8.15. The van der Waals surface area contributed by atoms with E-state index in [9.17, 15) is 0 Å². The van der Waals surface area contributed by atoms with Crippen molar-refractivity contribution in [3.63, 3.8) is 0 Å². The Balaban J connectivity index is 1.94. The SMILES string of the molecule is COc1ccc(Cl)cc1[C@@H](C1CCOCC1)N1CCNCC1. The molecule has 0 bridgehead atoms. The van der Waals surface area contributed by atoms with E-state index in [1.54, 1.807) is 7.11 Å². The van der Waals surface area contributed by atoms with Gasteiger partial charge in [0, 0.05) is 56.0 Å². The van der Waals surface area contributed by atoms with E-state index in [-0.39, 0.29) is 0 Å². The van der Waals surface area contributed by atoms with Crippen LogP contribution in [0.1, 0.15) is 24.4 Å². The average Bonchev–Trinajstić information content (AvgIpc) is 2.57. The first kappa shape index (κ1) is 16.1. The standard InChI is InChI=1S/C17H25ClN2O2/c1-21-16-3-2-14(18)12-15(16)17(13-4-10-22-11-5-13)20-8-6-19-7-9-20/h2-3,12-13,17,19H,4-11H2,1H3/t17-/m1/s1. The van der Waals surface area contributed by atoms with Crippen molar-refractivity contribution in [2.75, 3.05) is 46.5 Å². The van der Waals surface area contributed by atoms with Crippen molar-refractivity contribution in [1.29, 1.82) is 0 Å². The lowest BCUT2D eigenvalue weighted by atomic mass is 9.85. The topological polar surface area (TPSA) is 33.7 Å². The number of piperazine rings is 1. The molecule has 1 aromatic rings. The summed E-state index contributed by atoms with van der Waals surface area (Å²) >= 11 is 6.28. The van der Waals surface area contributed by atoms with Gasteiger partial charge in [0.2, 0.25) is 0 Å². The van der Waals surface area contributed by atoms with Crippen LogP contribution in [-0.4, -0.2) is 51.4 Å². The van der Waals surface area contributed by atoms with Gasteiger partial charge in [-0.05, 0) is 37.0 Å². The predicted molar refractivity (Wildman–Crippen MR) is 88.7 cm³/mol. The molecule has 0 aromatic heterocycles. The largest absolute Gasteiger partial charge is 0.496 e. The van der Waals surface area contributed by atoms with Gasteiger partial charge < -0.3 is 14.8 Å². The number of hydrogen-bond acceptors (Lipinski definition) is 4. The Kier molecular flexibility index (Phi) is 5.58. The number of nitrogens with one attached hydrogen (secondary N) is 1. The molecule has 1 N–H and O–H groups in total. The summed E-state index contributed by atoms with van der Waals surface area (Å²) in [5.74, 6) is 1.54. The quantitative estimate of drug-likeness (QED) is 0.923. The fraction of sp³-hybridized carbons (Fsp3) is 0.647. The second kappa shape index (κ2) is 7.64. The number of hydrogen-bond donors (Lipinski definition) is 1. The van der Waals surface area contributed by atoms with Gasteiger partial charge >= 0.3 is 0 Å². The highest BCUT2D eigenvalue weighted by molar-refractivity contribution is 6.30. The highest BCUT2D eigenvalue weighted by Crippen LogP contribution is 2.40. The number of methoxy groups -OCH3 is 1. The van der Waals surface area contributed by atoms with E-state index < -0.39 is 0 Å². The monoisotopic (exact) mass is 324 g/mol. The summed E-state index contributed by atoms with van der Waals surface area (Å²) in [5.41, 5.74) is 1.23. The second-order valence-electron chi connectivity index (χ2n) is 6.07. The van der Waals surface area contributed by atoms with Crippen LogP contribution in [0.15, 0.2) is 18.2 Å². The zero-order valence-electron chi connectivity index (χ0n) is 13.2. The van der Waals surface area contributed by atoms with Gasteiger partial charge in [0.05, 0.1) is 7.11 Å². The minimum Gasteiger partial charge on any atom is -0.496 e. The fourth-order valence-corrected chi connectivity index (χ4v) is 3.86. The third kappa shape index (κ3) is 3.57. The molecule has 1 atom stereocenters. The van der Waals surface area contributed by atoms with Crippen LogP contribution in [0.2, 0.25) is 5.02 Å². The van der Waals surface area contributed by atoms with Crippen LogP contribution >= 0.6 is 11.6 Å².